The first-order valence-corrected chi connectivity index (χ1v) is 4.64. The molecule has 3 nitrogen and oxygen atoms in total. The summed E-state index contributed by atoms with van der Waals surface area (Å²) in [5, 5.41) is 19.1. The quantitative estimate of drug-likeness (QED) is 0.642. The Kier molecular flexibility index (Phi) is 3.50. The largest absolute Gasteiger partial charge is 0.393 e. The van der Waals surface area contributed by atoms with Crippen molar-refractivity contribution in [1.82, 2.24) is 0 Å². The van der Waals surface area contributed by atoms with E-state index in [0.717, 1.165) is 0 Å². The van der Waals surface area contributed by atoms with Gasteiger partial charge in [0.25, 0.3) is 0 Å². The van der Waals surface area contributed by atoms with Crippen LogP contribution in [0.2, 0.25) is 0 Å². The van der Waals surface area contributed by atoms with Gasteiger partial charge in [0.1, 0.15) is 0 Å². The minimum Gasteiger partial charge on any atom is -0.393 e. The first-order valence-electron chi connectivity index (χ1n) is 4.64. The Labute approximate surface area is 73.4 Å². The summed E-state index contributed by atoms with van der Waals surface area (Å²) in [5.74, 6) is 0.0497. The van der Waals surface area contributed by atoms with Gasteiger partial charge in [-0.25, -0.2) is 0 Å². The highest BCUT2D eigenvalue weighted by molar-refractivity contribution is 4.85. The van der Waals surface area contributed by atoms with Gasteiger partial charge in [0.2, 0.25) is 0 Å². The van der Waals surface area contributed by atoms with Gasteiger partial charge < -0.3 is 14.9 Å². The SMILES string of the molecule is CCOC1C(O)CCC(O)C1C. The molecule has 3 heteroatoms. The molecule has 0 aromatic carbocycles. The standard InChI is InChI=1S/C9H18O3/c1-3-12-9-6(2)7(10)4-5-8(9)11/h6-11H,3-5H2,1-2H3. The van der Waals surface area contributed by atoms with E-state index < -0.39 is 6.10 Å². The van der Waals surface area contributed by atoms with Crippen LogP contribution in [0.1, 0.15) is 26.7 Å². The summed E-state index contributed by atoms with van der Waals surface area (Å²) < 4.78 is 5.37. The van der Waals surface area contributed by atoms with Crippen LogP contribution in [0.4, 0.5) is 0 Å². The van der Waals surface area contributed by atoms with Crippen molar-refractivity contribution in [3.63, 3.8) is 0 Å². The van der Waals surface area contributed by atoms with Crippen molar-refractivity contribution in [2.24, 2.45) is 5.92 Å². The smallest absolute Gasteiger partial charge is 0.0883 e. The van der Waals surface area contributed by atoms with Crippen LogP contribution >= 0.6 is 0 Å². The number of hydrogen-bond acceptors (Lipinski definition) is 3. The van der Waals surface area contributed by atoms with Crippen molar-refractivity contribution in [1.29, 1.82) is 0 Å². The summed E-state index contributed by atoms with van der Waals surface area (Å²) >= 11 is 0. The number of aliphatic hydroxyl groups excluding tert-OH is 2. The molecule has 0 aliphatic heterocycles. The molecule has 0 saturated heterocycles. The van der Waals surface area contributed by atoms with Gasteiger partial charge in [-0.2, -0.15) is 0 Å². The summed E-state index contributed by atoms with van der Waals surface area (Å²) in [6.45, 7) is 4.42. The maximum Gasteiger partial charge on any atom is 0.0883 e. The van der Waals surface area contributed by atoms with Crippen LogP contribution in [0.3, 0.4) is 0 Å². The monoisotopic (exact) mass is 174 g/mol. The average Bonchev–Trinajstić information content (AvgIpc) is 2.06. The fourth-order valence-electron chi connectivity index (χ4n) is 1.79. The molecule has 4 atom stereocenters. The van der Waals surface area contributed by atoms with E-state index in [9.17, 15) is 10.2 Å². The van der Waals surface area contributed by atoms with Gasteiger partial charge in [0, 0.05) is 12.5 Å². The molecule has 0 radical (unpaired) electrons. The molecule has 0 spiro atoms. The molecule has 1 fully saturated rings. The van der Waals surface area contributed by atoms with Gasteiger partial charge in [-0.15, -0.1) is 0 Å². The van der Waals surface area contributed by atoms with E-state index in [1.165, 1.54) is 0 Å². The van der Waals surface area contributed by atoms with Crippen LogP contribution in [-0.2, 0) is 4.74 Å². The minimum absolute atomic E-state index is 0.0497. The van der Waals surface area contributed by atoms with Crippen LogP contribution in [-0.4, -0.2) is 35.1 Å². The maximum absolute atomic E-state index is 9.55. The van der Waals surface area contributed by atoms with Crippen molar-refractivity contribution in [3.05, 3.63) is 0 Å². The van der Waals surface area contributed by atoms with Crippen molar-refractivity contribution >= 4 is 0 Å². The fraction of sp³-hybridized carbons (Fsp3) is 1.00. The van der Waals surface area contributed by atoms with Crippen molar-refractivity contribution in [2.75, 3.05) is 6.61 Å². The fourth-order valence-corrected chi connectivity index (χ4v) is 1.79. The molecule has 2 N–H and O–H groups in total. The van der Waals surface area contributed by atoms with Crippen LogP contribution in [0, 0.1) is 5.92 Å². The second kappa shape index (κ2) is 4.21. The summed E-state index contributed by atoms with van der Waals surface area (Å²) in [6, 6.07) is 0. The highest BCUT2D eigenvalue weighted by Crippen LogP contribution is 2.27. The topological polar surface area (TPSA) is 49.7 Å². The van der Waals surface area contributed by atoms with E-state index in [0.29, 0.717) is 19.4 Å². The van der Waals surface area contributed by atoms with E-state index in [1.54, 1.807) is 0 Å². The number of hydrogen-bond donors (Lipinski definition) is 2. The first-order chi connectivity index (χ1) is 5.66. The Bertz CT molecular complexity index is 138. The minimum atomic E-state index is -0.400. The third kappa shape index (κ3) is 1.97. The van der Waals surface area contributed by atoms with Gasteiger partial charge in [-0.3, -0.25) is 0 Å². The zero-order valence-corrected chi connectivity index (χ0v) is 7.73. The predicted octanol–water partition coefficient (Wildman–Crippen LogP) is 0.543. The van der Waals surface area contributed by atoms with Crippen molar-refractivity contribution in [2.45, 2.75) is 45.0 Å². The van der Waals surface area contributed by atoms with Crippen molar-refractivity contribution in [3.8, 4) is 0 Å². The lowest BCUT2D eigenvalue weighted by atomic mass is 9.83. The molecule has 0 aromatic rings. The highest BCUT2D eigenvalue weighted by Gasteiger charge is 2.35. The van der Waals surface area contributed by atoms with Crippen LogP contribution in [0.15, 0.2) is 0 Å². The summed E-state index contributed by atoms with van der Waals surface area (Å²) in [5.41, 5.74) is 0. The number of aliphatic hydroxyl groups is 2. The summed E-state index contributed by atoms with van der Waals surface area (Å²) in [7, 11) is 0. The molecular formula is C9H18O3. The molecule has 0 bridgehead atoms. The third-order valence-corrected chi connectivity index (χ3v) is 2.62. The number of rotatable bonds is 2. The molecule has 0 aromatic heterocycles. The Hall–Kier alpha value is -0.120. The molecule has 4 unspecified atom stereocenters. The Balaban J connectivity index is 2.52. The van der Waals surface area contributed by atoms with E-state index in [2.05, 4.69) is 0 Å². The van der Waals surface area contributed by atoms with Crippen LogP contribution in [0.25, 0.3) is 0 Å². The Morgan fingerprint density at radius 2 is 1.83 bits per heavy atom. The van der Waals surface area contributed by atoms with Crippen molar-refractivity contribution < 1.29 is 14.9 Å². The highest BCUT2D eigenvalue weighted by atomic mass is 16.5. The zero-order valence-electron chi connectivity index (χ0n) is 7.73. The lowest BCUT2D eigenvalue weighted by molar-refractivity contribution is -0.118. The molecule has 1 aliphatic carbocycles. The molecular weight excluding hydrogens is 156 g/mol. The average molecular weight is 174 g/mol. The normalized spacial score (nSPS) is 43.0. The van der Waals surface area contributed by atoms with E-state index in [4.69, 9.17) is 4.74 Å². The van der Waals surface area contributed by atoms with Crippen LogP contribution < -0.4 is 0 Å². The van der Waals surface area contributed by atoms with Gasteiger partial charge in [0.15, 0.2) is 0 Å². The zero-order chi connectivity index (χ0) is 9.14. The lowest BCUT2D eigenvalue weighted by Crippen LogP contribution is -2.45. The molecule has 1 saturated carbocycles. The molecule has 12 heavy (non-hydrogen) atoms. The Morgan fingerprint density at radius 1 is 1.25 bits per heavy atom. The molecule has 72 valence electrons. The second-order valence-corrected chi connectivity index (χ2v) is 3.49. The van der Waals surface area contributed by atoms with E-state index in [-0.39, 0.29) is 18.1 Å². The maximum atomic E-state index is 9.55. The molecule has 0 heterocycles. The van der Waals surface area contributed by atoms with Gasteiger partial charge in [-0.1, -0.05) is 6.92 Å². The number of ether oxygens (including phenoxy) is 1. The van der Waals surface area contributed by atoms with Gasteiger partial charge >= 0.3 is 0 Å². The van der Waals surface area contributed by atoms with E-state index >= 15 is 0 Å². The third-order valence-electron chi connectivity index (χ3n) is 2.62. The molecule has 1 aliphatic rings. The molecule has 0 amide bonds. The Morgan fingerprint density at radius 3 is 2.42 bits per heavy atom. The van der Waals surface area contributed by atoms with Crippen LogP contribution in [0.5, 0.6) is 0 Å². The first kappa shape index (κ1) is 9.96. The second-order valence-electron chi connectivity index (χ2n) is 3.49. The van der Waals surface area contributed by atoms with Gasteiger partial charge in [-0.05, 0) is 19.8 Å². The summed E-state index contributed by atoms with van der Waals surface area (Å²) in [6.07, 6.45) is 0.439. The summed E-state index contributed by atoms with van der Waals surface area (Å²) in [4.78, 5) is 0. The van der Waals surface area contributed by atoms with Gasteiger partial charge in [0.05, 0.1) is 18.3 Å². The predicted molar refractivity (Wildman–Crippen MR) is 45.8 cm³/mol. The van der Waals surface area contributed by atoms with E-state index in [1.807, 2.05) is 13.8 Å². The lowest BCUT2D eigenvalue weighted by Gasteiger charge is -2.36. The molecule has 1 rings (SSSR count).